The van der Waals surface area contributed by atoms with Crippen molar-refractivity contribution in [1.29, 1.82) is 0 Å². The molecule has 2 fully saturated rings. The van der Waals surface area contributed by atoms with Gasteiger partial charge in [0, 0.05) is 39.3 Å². The highest BCUT2D eigenvalue weighted by Crippen LogP contribution is 2.35. The van der Waals surface area contributed by atoms with Gasteiger partial charge in [0.1, 0.15) is 19.3 Å². The van der Waals surface area contributed by atoms with E-state index in [0.717, 1.165) is 20.5 Å². The lowest BCUT2D eigenvalue weighted by molar-refractivity contribution is -0.208. The van der Waals surface area contributed by atoms with Crippen molar-refractivity contribution >= 4 is 29.5 Å². The number of carbonyl (C=O) groups excluding carboxylic acids is 5. The van der Waals surface area contributed by atoms with E-state index in [1.54, 1.807) is 0 Å². The summed E-state index contributed by atoms with van der Waals surface area (Å²) in [5, 5.41) is 2.86. The Morgan fingerprint density at radius 2 is 1.58 bits per heavy atom. The molecule has 11 nitrogen and oxygen atoms in total. The van der Waals surface area contributed by atoms with Crippen LogP contribution in [0.25, 0.3) is 0 Å². The molecule has 0 spiro atoms. The van der Waals surface area contributed by atoms with Gasteiger partial charge in [0.05, 0.1) is 5.57 Å². The van der Waals surface area contributed by atoms with Crippen molar-refractivity contribution < 1.29 is 42.9 Å². The number of hydrogen-bond acceptors (Lipinski definition) is 11. The third-order valence-electron chi connectivity index (χ3n) is 5.23. The molecule has 183 valence electrons. The second-order valence-electron chi connectivity index (χ2n) is 9.12. The van der Waals surface area contributed by atoms with Crippen molar-refractivity contribution in [3.63, 3.8) is 0 Å². The number of ketones is 2. The Balaban J connectivity index is 2.41. The fourth-order valence-corrected chi connectivity index (χ4v) is 3.99. The van der Waals surface area contributed by atoms with Gasteiger partial charge in [-0.15, -0.1) is 0 Å². The maximum atomic E-state index is 12.7. The van der Waals surface area contributed by atoms with Gasteiger partial charge >= 0.3 is 17.9 Å². The van der Waals surface area contributed by atoms with E-state index in [9.17, 15) is 24.0 Å². The summed E-state index contributed by atoms with van der Waals surface area (Å²) in [5.74, 6) is -2.71. The number of allylic oxidation sites excluding steroid dienone is 2. The summed E-state index contributed by atoms with van der Waals surface area (Å²) in [6.07, 6.45) is -3.26. The molecule has 0 aromatic rings. The molecule has 1 saturated heterocycles. The Morgan fingerprint density at radius 3 is 2.06 bits per heavy atom. The lowest BCUT2D eigenvalue weighted by Crippen LogP contribution is -2.72. The smallest absolute Gasteiger partial charge is 0.303 e. The first kappa shape index (κ1) is 26.5. The van der Waals surface area contributed by atoms with Gasteiger partial charge in [0.15, 0.2) is 29.4 Å². The first-order chi connectivity index (χ1) is 15.1. The molecule has 3 N–H and O–H groups in total. The molecule has 1 saturated carbocycles. The van der Waals surface area contributed by atoms with Crippen LogP contribution >= 0.6 is 0 Å². The first-order valence-corrected chi connectivity index (χ1v) is 10.5. The third kappa shape index (κ3) is 6.61. The van der Waals surface area contributed by atoms with E-state index in [2.05, 4.69) is 5.32 Å². The minimum absolute atomic E-state index is 0.0276. The predicted octanol–water partition coefficient (Wildman–Crippen LogP) is 0.450. The SMILES string of the molecule is CC(=O)OC[C@H]1O[CH][C@@](N)(NC(C)=C2C(=O)CC(C)(C)CC2=O)[C@@H](OC(C)=O)[C@@H]1OC(C)=O. The van der Waals surface area contributed by atoms with Crippen LogP contribution in [0.3, 0.4) is 0 Å². The minimum Gasteiger partial charge on any atom is -0.463 e. The standard InChI is InChI=1S/C22H31N2O9/c1-11(18-15(28)7-21(5,6)8-16(18)29)24-22(23)10-31-17(9-30-12(2)25)19(32-13(3)26)20(22)33-14(4)27/h10,17,19-20,24H,7-9,23H2,1-6H3/t17-,19-,20+,22-/m1/s1. The third-order valence-corrected chi connectivity index (χ3v) is 5.23. The van der Waals surface area contributed by atoms with Gasteiger partial charge in [0.2, 0.25) is 0 Å². The second kappa shape index (κ2) is 10.0. The molecule has 1 radical (unpaired) electrons. The molecule has 1 aliphatic carbocycles. The summed E-state index contributed by atoms with van der Waals surface area (Å²) in [7, 11) is 0. The van der Waals surface area contributed by atoms with Crippen LogP contribution in [0.15, 0.2) is 11.3 Å². The largest absolute Gasteiger partial charge is 0.463 e. The zero-order valence-corrected chi connectivity index (χ0v) is 19.7. The monoisotopic (exact) mass is 467 g/mol. The zero-order valence-electron chi connectivity index (χ0n) is 19.7. The average molecular weight is 467 g/mol. The number of nitrogens with two attached hydrogens (primary N) is 1. The normalized spacial score (nSPS) is 29.2. The number of hydrogen-bond donors (Lipinski definition) is 2. The summed E-state index contributed by atoms with van der Waals surface area (Å²) in [6.45, 7) is 9.46. The van der Waals surface area contributed by atoms with Crippen LogP contribution < -0.4 is 11.1 Å². The van der Waals surface area contributed by atoms with Crippen LogP contribution in [-0.2, 0) is 42.9 Å². The molecular weight excluding hydrogens is 436 g/mol. The summed E-state index contributed by atoms with van der Waals surface area (Å²) in [5.41, 5.74) is 4.36. The van der Waals surface area contributed by atoms with Crippen LogP contribution in [-0.4, -0.2) is 60.1 Å². The molecule has 0 bridgehead atoms. The highest BCUT2D eigenvalue weighted by Gasteiger charge is 2.54. The van der Waals surface area contributed by atoms with Crippen LogP contribution in [0.2, 0.25) is 0 Å². The molecular formula is C22H31N2O9. The summed E-state index contributed by atoms with van der Waals surface area (Å²) >= 11 is 0. The molecule has 0 unspecified atom stereocenters. The van der Waals surface area contributed by atoms with Gasteiger partial charge < -0.3 is 30.0 Å². The summed E-state index contributed by atoms with van der Waals surface area (Å²) in [6, 6.07) is 0. The zero-order chi connectivity index (χ0) is 25.1. The van der Waals surface area contributed by atoms with Crippen molar-refractivity contribution in [2.45, 2.75) is 78.4 Å². The van der Waals surface area contributed by atoms with E-state index in [0.29, 0.717) is 0 Å². The van der Waals surface area contributed by atoms with Crippen molar-refractivity contribution in [2.24, 2.45) is 11.1 Å². The van der Waals surface area contributed by atoms with Crippen LogP contribution in [0.4, 0.5) is 0 Å². The Morgan fingerprint density at radius 1 is 1.03 bits per heavy atom. The fraction of sp³-hybridized carbons (Fsp3) is 0.636. The summed E-state index contributed by atoms with van der Waals surface area (Å²) in [4.78, 5) is 60.2. The fourth-order valence-electron chi connectivity index (χ4n) is 3.99. The van der Waals surface area contributed by atoms with Crippen LogP contribution in [0.5, 0.6) is 0 Å². The molecule has 1 heterocycles. The van der Waals surface area contributed by atoms with Crippen LogP contribution in [0, 0.1) is 12.0 Å². The highest BCUT2D eigenvalue weighted by molar-refractivity contribution is 6.22. The second-order valence-corrected chi connectivity index (χ2v) is 9.12. The minimum atomic E-state index is -1.79. The molecule has 0 amide bonds. The van der Waals surface area contributed by atoms with Gasteiger partial charge in [0.25, 0.3) is 0 Å². The first-order valence-electron chi connectivity index (χ1n) is 10.5. The van der Waals surface area contributed by atoms with Crippen molar-refractivity contribution in [3.05, 3.63) is 17.9 Å². The number of Topliss-reactive ketones (excluding diaryl/α,β-unsaturated/α-hetero) is 2. The van der Waals surface area contributed by atoms with Gasteiger partial charge in [-0.05, 0) is 12.3 Å². The van der Waals surface area contributed by atoms with E-state index in [-0.39, 0.29) is 42.3 Å². The number of ether oxygens (including phenoxy) is 4. The van der Waals surface area contributed by atoms with Gasteiger partial charge in [-0.2, -0.15) is 0 Å². The van der Waals surface area contributed by atoms with Gasteiger partial charge in [-0.1, -0.05) is 13.8 Å². The van der Waals surface area contributed by atoms with Crippen molar-refractivity contribution in [1.82, 2.24) is 5.32 Å². The van der Waals surface area contributed by atoms with E-state index < -0.39 is 47.3 Å². The lowest BCUT2D eigenvalue weighted by Gasteiger charge is -2.47. The quantitative estimate of drug-likeness (QED) is 0.183. The van der Waals surface area contributed by atoms with Gasteiger partial charge in [-0.25, -0.2) is 0 Å². The Labute approximate surface area is 192 Å². The van der Waals surface area contributed by atoms with E-state index in [1.165, 1.54) is 13.8 Å². The molecule has 33 heavy (non-hydrogen) atoms. The number of carbonyl (C=O) groups is 5. The molecule has 11 heteroatoms. The predicted molar refractivity (Wildman–Crippen MR) is 113 cm³/mol. The Bertz CT molecular complexity index is 857. The Hall–Kier alpha value is -2.79. The van der Waals surface area contributed by atoms with E-state index in [1.807, 2.05) is 13.8 Å². The van der Waals surface area contributed by atoms with E-state index >= 15 is 0 Å². The van der Waals surface area contributed by atoms with Crippen LogP contribution in [0.1, 0.15) is 54.4 Å². The van der Waals surface area contributed by atoms with Crippen molar-refractivity contribution in [2.75, 3.05) is 6.61 Å². The molecule has 2 rings (SSSR count). The maximum absolute atomic E-state index is 12.7. The molecule has 4 atom stereocenters. The number of nitrogens with one attached hydrogen (secondary N) is 1. The lowest BCUT2D eigenvalue weighted by atomic mass is 9.73. The topological polar surface area (TPSA) is 160 Å². The number of esters is 3. The van der Waals surface area contributed by atoms with Gasteiger partial charge in [-0.3, -0.25) is 24.0 Å². The molecule has 2 aliphatic rings. The Kier molecular flexibility index (Phi) is 8.02. The highest BCUT2D eigenvalue weighted by atomic mass is 16.6. The average Bonchev–Trinajstić information content (AvgIpc) is 2.61. The number of rotatable bonds is 6. The molecule has 1 aliphatic heterocycles. The van der Waals surface area contributed by atoms with Crippen molar-refractivity contribution in [3.8, 4) is 0 Å². The molecule has 0 aromatic heterocycles. The van der Waals surface area contributed by atoms with E-state index in [4.69, 9.17) is 24.7 Å². The molecule has 0 aromatic carbocycles. The summed E-state index contributed by atoms with van der Waals surface area (Å²) < 4.78 is 21.3. The maximum Gasteiger partial charge on any atom is 0.303 e.